The van der Waals surface area contributed by atoms with E-state index in [4.69, 9.17) is 0 Å². The van der Waals surface area contributed by atoms with Gasteiger partial charge in [0.25, 0.3) is 0 Å². The van der Waals surface area contributed by atoms with Crippen LogP contribution in [0.2, 0.25) is 0 Å². The van der Waals surface area contributed by atoms with Gasteiger partial charge in [-0.05, 0) is 39.2 Å². The molecule has 1 fully saturated rings. The predicted molar refractivity (Wildman–Crippen MR) is 73.4 cm³/mol. The molecular weight excluding hydrogens is 228 g/mol. The van der Waals surface area contributed by atoms with Gasteiger partial charge in [-0.1, -0.05) is 19.8 Å². The SMILES string of the molecule is CCCCCNC(=O)C1CCC(CO)(NC)CC1. The summed E-state index contributed by atoms with van der Waals surface area (Å²) in [6.07, 6.45) is 6.95. The van der Waals surface area contributed by atoms with Gasteiger partial charge < -0.3 is 15.7 Å². The molecule has 1 aliphatic carbocycles. The summed E-state index contributed by atoms with van der Waals surface area (Å²) in [7, 11) is 1.89. The molecule has 0 heterocycles. The van der Waals surface area contributed by atoms with Gasteiger partial charge in [0, 0.05) is 18.0 Å². The summed E-state index contributed by atoms with van der Waals surface area (Å²) in [5.74, 6) is 0.341. The molecule has 106 valence electrons. The highest BCUT2D eigenvalue weighted by atomic mass is 16.3. The van der Waals surface area contributed by atoms with E-state index >= 15 is 0 Å². The van der Waals surface area contributed by atoms with Gasteiger partial charge in [0.1, 0.15) is 0 Å². The Morgan fingerprint density at radius 1 is 1.33 bits per heavy atom. The van der Waals surface area contributed by atoms with Crippen molar-refractivity contribution >= 4 is 5.91 Å². The van der Waals surface area contributed by atoms with Gasteiger partial charge in [-0.2, -0.15) is 0 Å². The molecule has 1 rings (SSSR count). The summed E-state index contributed by atoms with van der Waals surface area (Å²) < 4.78 is 0. The lowest BCUT2D eigenvalue weighted by Crippen LogP contribution is -2.50. The summed E-state index contributed by atoms with van der Waals surface area (Å²) in [4.78, 5) is 12.0. The minimum Gasteiger partial charge on any atom is -0.394 e. The third kappa shape index (κ3) is 4.25. The van der Waals surface area contributed by atoms with E-state index in [0.717, 1.165) is 38.6 Å². The number of hydrogen-bond acceptors (Lipinski definition) is 3. The van der Waals surface area contributed by atoms with E-state index in [1.54, 1.807) is 0 Å². The first-order chi connectivity index (χ1) is 8.67. The van der Waals surface area contributed by atoms with Crippen LogP contribution in [-0.2, 0) is 4.79 Å². The molecule has 1 saturated carbocycles. The number of unbranched alkanes of at least 4 members (excludes halogenated alkanes) is 2. The molecule has 0 unspecified atom stereocenters. The van der Waals surface area contributed by atoms with Crippen LogP contribution in [0.4, 0.5) is 0 Å². The first-order valence-corrected chi connectivity index (χ1v) is 7.25. The summed E-state index contributed by atoms with van der Waals surface area (Å²) in [6, 6.07) is 0. The Bertz CT molecular complexity index is 242. The average molecular weight is 256 g/mol. The molecule has 0 atom stereocenters. The predicted octanol–water partition coefficient (Wildman–Crippen LogP) is 1.43. The van der Waals surface area contributed by atoms with Gasteiger partial charge in [-0.25, -0.2) is 0 Å². The van der Waals surface area contributed by atoms with E-state index in [1.807, 2.05) is 7.05 Å². The molecule has 0 saturated heterocycles. The Labute approximate surface area is 111 Å². The van der Waals surface area contributed by atoms with E-state index in [1.165, 1.54) is 12.8 Å². The van der Waals surface area contributed by atoms with Crippen molar-refractivity contribution in [2.24, 2.45) is 5.92 Å². The second kappa shape index (κ2) is 7.74. The van der Waals surface area contributed by atoms with Crippen molar-refractivity contribution in [1.29, 1.82) is 0 Å². The quantitative estimate of drug-likeness (QED) is 0.604. The van der Waals surface area contributed by atoms with Gasteiger partial charge in [0.05, 0.1) is 6.61 Å². The fourth-order valence-electron chi connectivity index (χ4n) is 2.65. The molecule has 0 aromatic carbocycles. The molecule has 0 bridgehead atoms. The third-order valence-corrected chi connectivity index (χ3v) is 4.23. The van der Waals surface area contributed by atoms with Crippen LogP contribution in [0.25, 0.3) is 0 Å². The Kier molecular flexibility index (Phi) is 6.65. The third-order valence-electron chi connectivity index (χ3n) is 4.23. The number of nitrogens with one attached hydrogen (secondary N) is 2. The minimum absolute atomic E-state index is 0.139. The number of amides is 1. The molecular formula is C14H28N2O2. The number of aliphatic hydroxyl groups is 1. The van der Waals surface area contributed by atoms with Gasteiger partial charge in [0.15, 0.2) is 0 Å². The van der Waals surface area contributed by atoms with E-state index in [9.17, 15) is 9.90 Å². The number of hydrogen-bond donors (Lipinski definition) is 3. The molecule has 4 heteroatoms. The van der Waals surface area contributed by atoms with Gasteiger partial charge in [-0.3, -0.25) is 4.79 Å². The Morgan fingerprint density at radius 3 is 2.50 bits per heavy atom. The van der Waals surface area contributed by atoms with Crippen LogP contribution in [0.3, 0.4) is 0 Å². The minimum atomic E-state index is -0.154. The summed E-state index contributed by atoms with van der Waals surface area (Å²) in [6.45, 7) is 3.13. The molecule has 0 aliphatic heterocycles. The Morgan fingerprint density at radius 2 is 2.00 bits per heavy atom. The number of carbonyl (C=O) groups excluding carboxylic acids is 1. The van der Waals surface area contributed by atoms with Crippen LogP contribution in [0, 0.1) is 5.92 Å². The van der Waals surface area contributed by atoms with Crippen molar-refractivity contribution in [1.82, 2.24) is 10.6 Å². The van der Waals surface area contributed by atoms with Crippen LogP contribution >= 0.6 is 0 Å². The van der Waals surface area contributed by atoms with Gasteiger partial charge in [-0.15, -0.1) is 0 Å². The molecule has 1 amide bonds. The second-order valence-corrected chi connectivity index (χ2v) is 5.46. The summed E-state index contributed by atoms with van der Waals surface area (Å²) in [5.41, 5.74) is -0.154. The van der Waals surface area contributed by atoms with E-state index in [0.29, 0.717) is 0 Å². The van der Waals surface area contributed by atoms with Gasteiger partial charge >= 0.3 is 0 Å². The maximum absolute atomic E-state index is 12.0. The van der Waals surface area contributed by atoms with Crippen molar-refractivity contribution in [3.8, 4) is 0 Å². The number of rotatable bonds is 7. The van der Waals surface area contributed by atoms with Crippen molar-refractivity contribution in [2.45, 2.75) is 57.4 Å². The number of aliphatic hydroxyl groups excluding tert-OH is 1. The second-order valence-electron chi connectivity index (χ2n) is 5.46. The number of carbonyl (C=O) groups is 1. The molecule has 0 aromatic rings. The topological polar surface area (TPSA) is 61.4 Å². The Hall–Kier alpha value is -0.610. The lowest BCUT2D eigenvalue weighted by molar-refractivity contribution is -0.126. The van der Waals surface area contributed by atoms with Crippen molar-refractivity contribution < 1.29 is 9.90 Å². The highest BCUT2D eigenvalue weighted by Gasteiger charge is 2.35. The average Bonchev–Trinajstić information content (AvgIpc) is 2.43. The molecule has 0 spiro atoms. The highest BCUT2D eigenvalue weighted by Crippen LogP contribution is 2.31. The molecule has 3 N–H and O–H groups in total. The van der Waals surface area contributed by atoms with Crippen molar-refractivity contribution in [3.63, 3.8) is 0 Å². The zero-order chi connectivity index (χ0) is 13.4. The molecule has 0 aromatic heterocycles. The fourth-order valence-corrected chi connectivity index (χ4v) is 2.65. The largest absolute Gasteiger partial charge is 0.394 e. The monoisotopic (exact) mass is 256 g/mol. The van der Waals surface area contributed by atoms with E-state index in [2.05, 4.69) is 17.6 Å². The lowest BCUT2D eigenvalue weighted by atomic mass is 9.76. The smallest absolute Gasteiger partial charge is 0.223 e. The Balaban J connectivity index is 2.27. The van der Waals surface area contributed by atoms with Crippen molar-refractivity contribution in [3.05, 3.63) is 0 Å². The zero-order valence-corrected chi connectivity index (χ0v) is 11.8. The van der Waals surface area contributed by atoms with E-state index < -0.39 is 0 Å². The fraction of sp³-hybridized carbons (Fsp3) is 0.929. The first kappa shape index (κ1) is 15.4. The molecule has 18 heavy (non-hydrogen) atoms. The van der Waals surface area contributed by atoms with Crippen LogP contribution in [-0.4, -0.2) is 36.8 Å². The maximum Gasteiger partial charge on any atom is 0.223 e. The van der Waals surface area contributed by atoms with E-state index in [-0.39, 0.29) is 24.0 Å². The maximum atomic E-state index is 12.0. The standard InChI is InChI=1S/C14H28N2O2/c1-3-4-5-10-16-13(18)12-6-8-14(11-17,15-2)9-7-12/h12,15,17H,3-11H2,1-2H3,(H,16,18). The summed E-state index contributed by atoms with van der Waals surface area (Å²) >= 11 is 0. The van der Waals surface area contributed by atoms with Gasteiger partial charge in [0.2, 0.25) is 5.91 Å². The first-order valence-electron chi connectivity index (χ1n) is 7.25. The highest BCUT2D eigenvalue weighted by molar-refractivity contribution is 5.78. The number of likely N-dealkylation sites (N-methyl/N-ethyl adjacent to an activating group) is 1. The summed E-state index contributed by atoms with van der Waals surface area (Å²) in [5, 5.41) is 15.6. The normalized spacial score (nSPS) is 28.1. The van der Waals surface area contributed by atoms with Crippen molar-refractivity contribution in [2.75, 3.05) is 20.2 Å². The molecule has 0 radical (unpaired) electrons. The van der Waals surface area contributed by atoms with Crippen LogP contribution in [0.5, 0.6) is 0 Å². The van der Waals surface area contributed by atoms with Crippen LogP contribution < -0.4 is 10.6 Å². The lowest BCUT2D eigenvalue weighted by Gasteiger charge is -2.38. The van der Waals surface area contributed by atoms with Crippen LogP contribution in [0.15, 0.2) is 0 Å². The molecule has 4 nitrogen and oxygen atoms in total. The van der Waals surface area contributed by atoms with Crippen LogP contribution in [0.1, 0.15) is 51.9 Å². The molecule has 1 aliphatic rings. The zero-order valence-electron chi connectivity index (χ0n) is 11.8.